The predicted octanol–water partition coefficient (Wildman–Crippen LogP) is 2.18. The van der Waals surface area contributed by atoms with Gasteiger partial charge in [0.1, 0.15) is 0 Å². The third-order valence-corrected chi connectivity index (χ3v) is 2.98. The second-order valence-electron chi connectivity index (χ2n) is 3.40. The van der Waals surface area contributed by atoms with Gasteiger partial charge in [-0.1, -0.05) is 6.07 Å². The van der Waals surface area contributed by atoms with Crippen LogP contribution in [0.15, 0.2) is 17.5 Å². The Kier molecular flexibility index (Phi) is 6.32. The van der Waals surface area contributed by atoms with Gasteiger partial charge in [0.2, 0.25) is 0 Å². The molecule has 1 aromatic heterocycles. The lowest BCUT2D eigenvalue weighted by Crippen LogP contribution is -2.16. The van der Waals surface area contributed by atoms with E-state index in [2.05, 4.69) is 4.74 Å². The summed E-state index contributed by atoms with van der Waals surface area (Å²) >= 11 is 1.67. The van der Waals surface area contributed by atoms with Crippen LogP contribution in [0, 0.1) is 0 Å². The number of ether oxygens (including phenoxy) is 2. The fourth-order valence-electron chi connectivity index (χ4n) is 1.28. The van der Waals surface area contributed by atoms with E-state index in [-0.39, 0.29) is 12.6 Å². The van der Waals surface area contributed by atoms with Crippen LogP contribution in [0.4, 0.5) is 0 Å². The SMILES string of the molecule is CCOC(=O)COC(=O)CCCc1cccs1. The summed E-state index contributed by atoms with van der Waals surface area (Å²) in [6.45, 7) is 1.72. The Morgan fingerprint density at radius 2 is 2.12 bits per heavy atom. The fourth-order valence-corrected chi connectivity index (χ4v) is 2.03. The number of rotatable bonds is 7. The topological polar surface area (TPSA) is 52.6 Å². The Labute approximate surface area is 105 Å². The van der Waals surface area contributed by atoms with Gasteiger partial charge in [0.05, 0.1) is 6.61 Å². The molecule has 0 aromatic carbocycles. The van der Waals surface area contributed by atoms with Crippen molar-refractivity contribution in [1.29, 1.82) is 0 Å². The number of esters is 2. The normalized spacial score (nSPS) is 9.94. The van der Waals surface area contributed by atoms with Crippen LogP contribution in [0.2, 0.25) is 0 Å². The van der Waals surface area contributed by atoms with Gasteiger partial charge in [-0.05, 0) is 31.2 Å². The van der Waals surface area contributed by atoms with E-state index in [0.717, 1.165) is 12.8 Å². The van der Waals surface area contributed by atoms with Gasteiger partial charge in [-0.3, -0.25) is 4.79 Å². The molecule has 4 nitrogen and oxygen atoms in total. The first-order chi connectivity index (χ1) is 8.22. The molecule has 94 valence electrons. The minimum Gasteiger partial charge on any atom is -0.463 e. The van der Waals surface area contributed by atoms with Crippen LogP contribution < -0.4 is 0 Å². The summed E-state index contributed by atoms with van der Waals surface area (Å²) in [7, 11) is 0. The summed E-state index contributed by atoms with van der Waals surface area (Å²) in [4.78, 5) is 23.4. The van der Waals surface area contributed by atoms with Crippen LogP contribution >= 0.6 is 11.3 Å². The summed E-state index contributed by atoms with van der Waals surface area (Å²) in [6.07, 6.45) is 1.94. The van der Waals surface area contributed by atoms with Gasteiger partial charge in [-0.2, -0.15) is 0 Å². The molecule has 0 amide bonds. The lowest BCUT2D eigenvalue weighted by molar-refractivity contribution is -0.158. The highest BCUT2D eigenvalue weighted by atomic mass is 32.1. The van der Waals surface area contributed by atoms with Gasteiger partial charge in [-0.25, -0.2) is 4.79 Å². The maximum atomic E-state index is 11.3. The molecular formula is C12H16O4S. The monoisotopic (exact) mass is 256 g/mol. The van der Waals surface area contributed by atoms with Crippen molar-refractivity contribution >= 4 is 23.3 Å². The van der Waals surface area contributed by atoms with Crippen LogP contribution in [-0.2, 0) is 25.5 Å². The Hall–Kier alpha value is -1.36. The van der Waals surface area contributed by atoms with Gasteiger partial charge < -0.3 is 9.47 Å². The molecule has 1 rings (SSSR count). The maximum Gasteiger partial charge on any atom is 0.344 e. The minimum absolute atomic E-state index is 0.286. The van der Waals surface area contributed by atoms with Crippen LogP contribution in [-0.4, -0.2) is 25.2 Å². The quantitative estimate of drug-likeness (QED) is 0.702. The van der Waals surface area contributed by atoms with Crippen molar-refractivity contribution in [3.63, 3.8) is 0 Å². The standard InChI is InChI=1S/C12H16O4S/c1-2-15-12(14)9-16-11(13)7-3-5-10-6-4-8-17-10/h4,6,8H,2-3,5,7,9H2,1H3. The summed E-state index contributed by atoms with van der Waals surface area (Å²) in [6, 6.07) is 4.02. The van der Waals surface area contributed by atoms with E-state index in [1.165, 1.54) is 4.88 Å². The van der Waals surface area contributed by atoms with E-state index in [0.29, 0.717) is 13.0 Å². The molecule has 0 N–H and O–H groups in total. The zero-order valence-electron chi connectivity index (χ0n) is 9.81. The Morgan fingerprint density at radius 1 is 1.29 bits per heavy atom. The summed E-state index contributed by atoms with van der Waals surface area (Å²) < 4.78 is 9.41. The third-order valence-electron chi connectivity index (χ3n) is 2.04. The van der Waals surface area contributed by atoms with Crippen molar-refractivity contribution in [2.24, 2.45) is 0 Å². The van der Waals surface area contributed by atoms with Gasteiger partial charge in [0.15, 0.2) is 6.61 Å². The predicted molar refractivity (Wildman–Crippen MR) is 64.8 cm³/mol. The number of aryl methyl sites for hydroxylation is 1. The first-order valence-corrected chi connectivity index (χ1v) is 6.44. The van der Waals surface area contributed by atoms with Crippen LogP contribution in [0.3, 0.4) is 0 Å². The number of thiophene rings is 1. The van der Waals surface area contributed by atoms with E-state index in [9.17, 15) is 9.59 Å². The van der Waals surface area contributed by atoms with Crippen molar-refractivity contribution in [3.05, 3.63) is 22.4 Å². The van der Waals surface area contributed by atoms with Gasteiger partial charge >= 0.3 is 11.9 Å². The second kappa shape index (κ2) is 7.84. The van der Waals surface area contributed by atoms with Crippen molar-refractivity contribution in [3.8, 4) is 0 Å². The van der Waals surface area contributed by atoms with Crippen molar-refractivity contribution < 1.29 is 19.1 Å². The maximum absolute atomic E-state index is 11.3. The average molecular weight is 256 g/mol. The largest absolute Gasteiger partial charge is 0.463 e. The van der Waals surface area contributed by atoms with E-state index in [4.69, 9.17) is 4.74 Å². The lowest BCUT2D eigenvalue weighted by atomic mass is 10.2. The molecule has 0 atom stereocenters. The lowest BCUT2D eigenvalue weighted by Gasteiger charge is -2.03. The van der Waals surface area contributed by atoms with E-state index >= 15 is 0 Å². The highest BCUT2D eigenvalue weighted by molar-refractivity contribution is 7.09. The van der Waals surface area contributed by atoms with E-state index in [1.54, 1.807) is 18.3 Å². The van der Waals surface area contributed by atoms with Crippen molar-refractivity contribution in [2.75, 3.05) is 13.2 Å². The van der Waals surface area contributed by atoms with Crippen molar-refractivity contribution in [2.45, 2.75) is 26.2 Å². The molecule has 0 aliphatic carbocycles. The molecule has 0 unspecified atom stereocenters. The van der Waals surface area contributed by atoms with Crippen molar-refractivity contribution in [1.82, 2.24) is 0 Å². The molecule has 0 fully saturated rings. The van der Waals surface area contributed by atoms with Crippen LogP contribution in [0.5, 0.6) is 0 Å². The number of carbonyl (C=O) groups is 2. The van der Waals surface area contributed by atoms with Crippen LogP contribution in [0.25, 0.3) is 0 Å². The smallest absolute Gasteiger partial charge is 0.344 e. The molecule has 0 radical (unpaired) electrons. The first-order valence-electron chi connectivity index (χ1n) is 5.56. The summed E-state index contributed by atoms with van der Waals surface area (Å²) in [5.74, 6) is -0.853. The Morgan fingerprint density at radius 3 is 2.76 bits per heavy atom. The van der Waals surface area contributed by atoms with Gasteiger partial charge in [-0.15, -0.1) is 11.3 Å². The molecule has 1 heterocycles. The summed E-state index contributed by atoms with van der Waals surface area (Å²) in [5.41, 5.74) is 0. The molecular weight excluding hydrogens is 240 g/mol. The van der Waals surface area contributed by atoms with Gasteiger partial charge in [0.25, 0.3) is 0 Å². The summed E-state index contributed by atoms with van der Waals surface area (Å²) in [5, 5.41) is 2.01. The molecule has 0 spiro atoms. The minimum atomic E-state index is -0.501. The Bertz CT molecular complexity index is 345. The first kappa shape index (κ1) is 13.7. The zero-order chi connectivity index (χ0) is 12.5. The fraction of sp³-hybridized carbons (Fsp3) is 0.500. The third kappa shape index (κ3) is 6.06. The molecule has 0 saturated carbocycles. The molecule has 0 aliphatic heterocycles. The highest BCUT2D eigenvalue weighted by Crippen LogP contribution is 2.12. The molecule has 0 saturated heterocycles. The second-order valence-corrected chi connectivity index (χ2v) is 4.43. The Balaban J connectivity index is 2.07. The average Bonchev–Trinajstić information content (AvgIpc) is 2.80. The van der Waals surface area contributed by atoms with E-state index in [1.807, 2.05) is 17.5 Å². The molecule has 0 bridgehead atoms. The van der Waals surface area contributed by atoms with Gasteiger partial charge in [0, 0.05) is 11.3 Å². The molecule has 0 aliphatic rings. The highest BCUT2D eigenvalue weighted by Gasteiger charge is 2.07. The van der Waals surface area contributed by atoms with E-state index < -0.39 is 5.97 Å². The number of hydrogen-bond acceptors (Lipinski definition) is 5. The zero-order valence-corrected chi connectivity index (χ0v) is 10.6. The number of carbonyl (C=O) groups excluding carboxylic acids is 2. The molecule has 1 aromatic rings. The number of hydrogen-bond donors (Lipinski definition) is 0. The molecule has 5 heteroatoms. The van der Waals surface area contributed by atoms with Crippen LogP contribution in [0.1, 0.15) is 24.6 Å². The molecule has 17 heavy (non-hydrogen) atoms.